The van der Waals surface area contributed by atoms with Gasteiger partial charge < -0.3 is 30.3 Å². The molecule has 4 N–H and O–H groups in total. The first-order valence-corrected chi connectivity index (χ1v) is 18.5. The van der Waals surface area contributed by atoms with Crippen LogP contribution in [0.1, 0.15) is 59.9 Å². The molecule has 3 atom stereocenters. The van der Waals surface area contributed by atoms with E-state index in [0.29, 0.717) is 32.1 Å². The van der Waals surface area contributed by atoms with Crippen LogP contribution in [0.4, 0.5) is 0 Å². The van der Waals surface area contributed by atoms with Crippen LogP contribution in [0.5, 0.6) is 17.2 Å². The van der Waals surface area contributed by atoms with Crippen molar-refractivity contribution in [3.63, 3.8) is 0 Å². The average Bonchev–Trinajstić information content (AvgIpc) is 3.20. The lowest BCUT2D eigenvalue weighted by molar-refractivity contribution is 0.0796. The van der Waals surface area contributed by atoms with Crippen molar-refractivity contribution < 1.29 is 19.7 Å². The van der Waals surface area contributed by atoms with E-state index < -0.39 is 0 Å². The van der Waals surface area contributed by atoms with Crippen LogP contribution < -0.4 is 15.4 Å². The first-order chi connectivity index (χ1) is 25.6. The number of nitrogens with one attached hydrogen (secondary N) is 2. The van der Waals surface area contributed by atoms with Gasteiger partial charge in [0, 0.05) is 53.0 Å². The topological polar surface area (TPSA) is 83.0 Å². The zero-order chi connectivity index (χ0) is 35.5. The summed E-state index contributed by atoms with van der Waals surface area (Å²) < 4.78 is 12.6. The Bertz CT molecular complexity index is 1970. The van der Waals surface area contributed by atoms with Crippen molar-refractivity contribution in [2.75, 3.05) is 0 Å². The van der Waals surface area contributed by atoms with Crippen molar-refractivity contribution in [1.82, 2.24) is 10.6 Å². The summed E-state index contributed by atoms with van der Waals surface area (Å²) in [5, 5.41) is 30.6. The van der Waals surface area contributed by atoms with E-state index in [1.165, 1.54) is 0 Å². The van der Waals surface area contributed by atoms with Crippen molar-refractivity contribution in [3.8, 4) is 28.4 Å². The summed E-state index contributed by atoms with van der Waals surface area (Å²) >= 11 is 0. The van der Waals surface area contributed by atoms with Crippen LogP contribution in [-0.4, -0.2) is 28.4 Å². The Balaban J connectivity index is 0.996. The summed E-state index contributed by atoms with van der Waals surface area (Å²) in [6, 6.07) is 40.6. The lowest BCUT2D eigenvalue weighted by Gasteiger charge is -2.33. The molecule has 2 unspecified atom stereocenters. The highest BCUT2D eigenvalue weighted by atomic mass is 16.5. The Hall–Kier alpha value is -5.14. The molecule has 0 saturated heterocycles. The number of allylic oxidation sites excluding steroid dienone is 2. The van der Waals surface area contributed by atoms with Crippen LogP contribution in [0, 0.1) is 0 Å². The number of hydrogen-bond acceptors (Lipinski definition) is 6. The van der Waals surface area contributed by atoms with E-state index in [1.54, 1.807) is 0 Å². The van der Waals surface area contributed by atoms with E-state index in [1.807, 2.05) is 115 Å². The molecule has 0 amide bonds. The average molecular weight is 693 g/mol. The molecular formula is C46H48N2O4. The fourth-order valence-corrected chi connectivity index (χ4v) is 7.37. The maximum atomic E-state index is 11.5. The molecule has 0 heterocycles. The minimum atomic E-state index is -0.128. The number of benzene rings is 5. The van der Waals surface area contributed by atoms with Gasteiger partial charge in [0.1, 0.15) is 23.9 Å². The van der Waals surface area contributed by atoms with Crippen LogP contribution in [-0.2, 0) is 31.0 Å². The Morgan fingerprint density at radius 2 is 1.13 bits per heavy atom. The van der Waals surface area contributed by atoms with Crippen LogP contribution in [0.2, 0.25) is 0 Å². The Morgan fingerprint density at radius 3 is 1.81 bits per heavy atom. The Kier molecular flexibility index (Phi) is 11.8. The van der Waals surface area contributed by atoms with Crippen molar-refractivity contribution in [2.24, 2.45) is 0 Å². The summed E-state index contributed by atoms with van der Waals surface area (Å²) in [7, 11) is 0. The zero-order valence-electron chi connectivity index (χ0n) is 29.6. The van der Waals surface area contributed by atoms with Crippen molar-refractivity contribution in [2.45, 2.75) is 76.6 Å². The van der Waals surface area contributed by atoms with Gasteiger partial charge in [0.25, 0.3) is 0 Å². The highest BCUT2D eigenvalue weighted by Gasteiger charge is 2.26. The van der Waals surface area contributed by atoms with E-state index in [9.17, 15) is 10.2 Å². The zero-order valence-corrected chi connectivity index (χ0v) is 29.6. The fourth-order valence-electron chi connectivity index (χ4n) is 7.37. The fraction of sp³-hybridized carbons (Fsp3) is 0.261. The maximum absolute atomic E-state index is 11.5. The Labute approximate surface area is 307 Å². The number of hydrogen-bond donors (Lipinski definition) is 4. The SMILES string of the molecule is Oc1c(CN[C@H]2CCCCC2NCc2cccc(-c3ccccc3OCc3ccccc3)c2O)cccc1C1=CC=CCC1OCc1ccccc1. The first-order valence-electron chi connectivity index (χ1n) is 18.5. The minimum Gasteiger partial charge on any atom is -0.507 e. The van der Waals surface area contributed by atoms with E-state index in [-0.39, 0.29) is 23.9 Å². The number of rotatable bonds is 14. The van der Waals surface area contributed by atoms with E-state index in [2.05, 4.69) is 34.9 Å². The van der Waals surface area contributed by atoms with Gasteiger partial charge in [-0.15, -0.1) is 0 Å². The van der Waals surface area contributed by atoms with Gasteiger partial charge in [0.05, 0.1) is 12.7 Å². The smallest absolute Gasteiger partial charge is 0.128 e. The third kappa shape index (κ3) is 8.65. The molecular weight excluding hydrogens is 645 g/mol. The van der Waals surface area contributed by atoms with Gasteiger partial charge in [-0.1, -0.05) is 146 Å². The first kappa shape index (κ1) is 35.3. The molecule has 52 heavy (non-hydrogen) atoms. The second-order valence-corrected chi connectivity index (χ2v) is 13.7. The molecule has 6 nitrogen and oxygen atoms in total. The number of ether oxygens (including phenoxy) is 2. The molecule has 0 aromatic heterocycles. The second-order valence-electron chi connectivity index (χ2n) is 13.7. The third-order valence-electron chi connectivity index (χ3n) is 10.2. The molecule has 0 radical (unpaired) electrons. The molecule has 0 spiro atoms. The number of aromatic hydroxyl groups is 2. The van der Waals surface area contributed by atoms with Gasteiger partial charge >= 0.3 is 0 Å². The van der Waals surface area contributed by atoms with Gasteiger partial charge in [0.15, 0.2) is 0 Å². The molecule has 1 saturated carbocycles. The molecule has 0 aliphatic heterocycles. The minimum absolute atomic E-state index is 0.128. The van der Waals surface area contributed by atoms with Crippen LogP contribution in [0.3, 0.4) is 0 Å². The number of phenolic OH excluding ortho intramolecular Hbond substituents is 2. The molecule has 5 aromatic carbocycles. The highest BCUT2D eigenvalue weighted by molar-refractivity contribution is 5.77. The molecule has 2 aliphatic rings. The van der Waals surface area contributed by atoms with Gasteiger partial charge in [-0.05, 0) is 42.0 Å². The largest absolute Gasteiger partial charge is 0.507 e. The van der Waals surface area contributed by atoms with Gasteiger partial charge in [-0.3, -0.25) is 0 Å². The highest BCUT2D eigenvalue weighted by Crippen LogP contribution is 2.39. The molecule has 6 heteroatoms. The standard InChI is InChI=1S/C46H48N2O4/c49-45-35(19-13-23-39(45)37-21-7-11-27-43(37)51-31-33-15-3-1-4-16-33)29-47-41-25-9-10-26-42(41)48-30-36-20-14-24-40(46(36)50)38-22-8-12-28-44(38)52-32-34-17-5-2-6-18-34/h1-8,11-24,27,41-42,44,47-50H,9-10,25-26,28-32H2/t41?,42-,44?/m0/s1. The lowest BCUT2D eigenvalue weighted by Crippen LogP contribution is -2.49. The summed E-state index contributed by atoms with van der Waals surface area (Å²) in [6.07, 6.45) is 11.3. The second kappa shape index (κ2) is 17.4. The lowest BCUT2D eigenvalue weighted by atomic mass is 9.89. The normalized spacial score (nSPS) is 18.5. The van der Waals surface area contributed by atoms with E-state index >= 15 is 0 Å². The summed E-state index contributed by atoms with van der Waals surface area (Å²) in [5.74, 6) is 1.31. The van der Waals surface area contributed by atoms with E-state index in [0.717, 1.165) is 82.4 Å². The van der Waals surface area contributed by atoms with Crippen molar-refractivity contribution in [3.05, 3.63) is 167 Å². The predicted octanol–water partition coefficient (Wildman–Crippen LogP) is 9.46. The molecule has 266 valence electrons. The van der Waals surface area contributed by atoms with Crippen molar-refractivity contribution >= 4 is 5.57 Å². The van der Waals surface area contributed by atoms with Crippen molar-refractivity contribution in [1.29, 1.82) is 0 Å². The predicted molar refractivity (Wildman–Crippen MR) is 209 cm³/mol. The maximum Gasteiger partial charge on any atom is 0.128 e. The monoisotopic (exact) mass is 692 g/mol. The molecule has 7 rings (SSSR count). The van der Waals surface area contributed by atoms with Gasteiger partial charge in [-0.2, -0.15) is 0 Å². The van der Waals surface area contributed by atoms with Gasteiger partial charge in [0.2, 0.25) is 0 Å². The number of phenols is 2. The summed E-state index contributed by atoms with van der Waals surface area (Å²) in [5.41, 5.74) is 7.40. The van der Waals surface area contributed by atoms with Crippen LogP contribution in [0.15, 0.2) is 140 Å². The van der Waals surface area contributed by atoms with Crippen LogP contribution in [0.25, 0.3) is 16.7 Å². The molecule has 0 bridgehead atoms. The van der Waals surface area contributed by atoms with Crippen LogP contribution >= 0.6 is 0 Å². The molecule has 2 aliphatic carbocycles. The third-order valence-corrected chi connectivity index (χ3v) is 10.2. The van der Waals surface area contributed by atoms with Gasteiger partial charge in [-0.25, -0.2) is 0 Å². The summed E-state index contributed by atoms with van der Waals surface area (Å²) in [4.78, 5) is 0. The molecule has 1 fully saturated rings. The molecule has 5 aromatic rings. The van der Waals surface area contributed by atoms with E-state index in [4.69, 9.17) is 9.47 Å². The quantitative estimate of drug-likeness (QED) is 0.0929. The summed E-state index contributed by atoms with van der Waals surface area (Å²) in [6.45, 7) is 2.08. The number of para-hydroxylation sites is 3. The Morgan fingerprint density at radius 1 is 0.577 bits per heavy atom.